The van der Waals surface area contributed by atoms with Crippen LogP contribution in [0.5, 0.6) is 0 Å². The maximum absolute atomic E-state index is 14.9. The van der Waals surface area contributed by atoms with Crippen LogP contribution >= 0.6 is 11.6 Å². The van der Waals surface area contributed by atoms with Crippen LogP contribution in [-0.4, -0.2) is 62.7 Å². The first-order valence-corrected chi connectivity index (χ1v) is 15.0. The third-order valence-corrected chi connectivity index (χ3v) is 8.42. The number of para-hydroxylation sites is 1. The molecule has 1 atom stereocenters. The van der Waals surface area contributed by atoms with Crippen LogP contribution in [0, 0.1) is 11.7 Å². The lowest BCUT2D eigenvalue weighted by atomic mass is 10.0. The van der Waals surface area contributed by atoms with Gasteiger partial charge in [0.2, 0.25) is 11.8 Å². The highest BCUT2D eigenvalue weighted by Gasteiger charge is 2.35. The summed E-state index contributed by atoms with van der Waals surface area (Å²) in [6.07, 6.45) is 0.185. The summed E-state index contributed by atoms with van der Waals surface area (Å²) >= 11 is 6.08. The van der Waals surface area contributed by atoms with Gasteiger partial charge in [0.05, 0.1) is 5.69 Å². The molecule has 0 heterocycles. The van der Waals surface area contributed by atoms with Crippen LogP contribution in [-0.2, 0) is 32.8 Å². The Hall–Kier alpha value is -3.47. The number of carbonyl (C=O) groups is 2. The number of anilines is 1. The average Bonchev–Trinajstić information content (AvgIpc) is 2.94. The SMILES string of the molecule is CC(C)CNC(=O)[C@@H](Cc1ccccc1)N(Cc1ccc(Cl)cc1)C(=O)CN(c1ccccc1F)S(=O)(=O)N(C)C. The Morgan fingerprint density at radius 1 is 0.902 bits per heavy atom. The molecule has 0 radical (unpaired) electrons. The van der Waals surface area contributed by atoms with Gasteiger partial charge in [0.15, 0.2) is 0 Å². The Kier molecular flexibility index (Phi) is 11.3. The smallest absolute Gasteiger partial charge is 0.304 e. The third kappa shape index (κ3) is 8.76. The number of rotatable bonds is 13. The third-order valence-electron chi connectivity index (χ3n) is 6.36. The lowest BCUT2D eigenvalue weighted by molar-refractivity contribution is -0.140. The molecule has 3 aromatic carbocycles. The molecule has 0 saturated heterocycles. The monoisotopic (exact) mass is 602 g/mol. The molecular formula is C30H36ClFN4O4S. The van der Waals surface area contributed by atoms with Crippen LogP contribution in [0.15, 0.2) is 78.9 Å². The molecular weight excluding hydrogens is 567 g/mol. The van der Waals surface area contributed by atoms with E-state index in [0.29, 0.717) is 17.1 Å². The van der Waals surface area contributed by atoms with Crippen LogP contribution in [0.25, 0.3) is 0 Å². The molecule has 0 fully saturated rings. The zero-order valence-electron chi connectivity index (χ0n) is 23.6. The molecule has 8 nitrogen and oxygen atoms in total. The second-order valence-electron chi connectivity index (χ2n) is 10.2. The summed E-state index contributed by atoms with van der Waals surface area (Å²) in [5, 5.41) is 3.43. The molecule has 0 aliphatic carbocycles. The molecule has 3 aromatic rings. The lowest BCUT2D eigenvalue weighted by Crippen LogP contribution is -2.54. The van der Waals surface area contributed by atoms with E-state index in [1.807, 2.05) is 44.2 Å². The normalized spacial score (nSPS) is 12.3. The predicted molar refractivity (Wildman–Crippen MR) is 160 cm³/mol. The van der Waals surface area contributed by atoms with E-state index in [9.17, 15) is 22.4 Å². The first kappa shape index (κ1) is 32.0. The van der Waals surface area contributed by atoms with E-state index < -0.39 is 34.5 Å². The molecule has 0 bridgehead atoms. The van der Waals surface area contributed by atoms with Gasteiger partial charge in [-0.1, -0.05) is 80.0 Å². The minimum atomic E-state index is -4.29. The van der Waals surface area contributed by atoms with Crippen molar-refractivity contribution in [2.75, 3.05) is 31.5 Å². The number of nitrogens with one attached hydrogen (secondary N) is 1. The van der Waals surface area contributed by atoms with Crippen LogP contribution in [0.1, 0.15) is 25.0 Å². The molecule has 0 aliphatic heterocycles. The number of amides is 2. The minimum Gasteiger partial charge on any atom is -0.354 e. The number of benzene rings is 3. The maximum Gasteiger partial charge on any atom is 0.304 e. The molecule has 0 spiro atoms. The standard InChI is InChI=1S/C30H36ClFN4O4S/c1-22(2)19-33-30(38)28(18-23-10-6-5-7-11-23)35(20-24-14-16-25(31)17-15-24)29(37)21-36(41(39,40)34(3)4)27-13-9-8-12-26(27)32/h5-17,22,28H,18-21H2,1-4H3,(H,33,38)/t28-/m1/s1. The highest BCUT2D eigenvalue weighted by molar-refractivity contribution is 7.90. The Labute approximate surface area is 246 Å². The fraction of sp³-hybridized carbons (Fsp3) is 0.333. The van der Waals surface area contributed by atoms with Crippen molar-refractivity contribution in [3.63, 3.8) is 0 Å². The summed E-state index contributed by atoms with van der Waals surface area (Å²) in [5.41, 5.74) is 1.23. The van der Waals surface area contributed by atoms with Crippen molar-refractivity contribution in [1.29, 1.82) is 0 Å². The molecule has 3 rings (SSSR count). The van der Waals surface area contributed by atoms with E-state index in [1.165, 1.54) is 37.2 Å². The molecule has 2 amide bonds. The highest BCUT2D eigenvalue weighted by Crippen LogP contribution is 2.24. The van der Waals surface area contributed by atoms with E-state index in [-0.39, 0.29) is 30.5 Å². The Bertz CT molecular complexity index is 1420. The summed E-state index contributed by atoms with van der Waals surface area (Å²) in [4.78, 5) is 29.1. The first-order chi connectivity index (χ1) is 19.4. The van der Waals surface area contributed by atoms with Crippen molar-refractivity contribution in [3.8, 4) is 0 Å². The average molecular weight is 603 g/mol. The molecule has 41 heavy (non-hydrogen) atoms. The molecule has 1 N–H and O–H groups in total. The second-order valence-corrected chi connectivity index (χ2v) is 12.7. The fourth-order valence-electron chi connectivity index (χ4n) is 4.12. The van der Waals surface area contributed by atoms with Gasteiger partial charge in [-0.2, -0.15) is 12.7 Å². The lowest BCUT2D eigenvalue weighted by Gasteiger charge is -2.34. The number of halogens is 2. The molecule has 11 heteroatoms. The van der Waals surface area contributed by atoms with Crippen molar-refractivity contribution >= 4 is 39.3 Å². The second kappa shape index (κ2) is 14.4. The van der Waals surface area contributed by atoms with Gasteiger partial charge in [0, 0.05) is 38.6 Å². The summed E-state index contributed by atoms with van der Waals surface area (Å²) in [6.45, 7) is 3.58. The molecule has 0 saturated carbocycles. The van der Waals surface area contributed by atoms with Crippen molar-refractivity contribution in [3.05, 3.63) is 101 Å². The van der Waals surface area contributed by atoms with Gasteiger partial charge in [-0.15, -0.1) is 0 Å². The number of nitrogens with zero attached hydrogens (tertiary/aromatic N) is 3. The Morgan fingerprint density at radius 2 is 1.51 bits per heavy atom. The molecule has 220 valence electrons. The van der Waals surface area contributed by atoms with Crippen molar-refractivity contribution in [1.82, 2.24) is 14.5 Å². The molecule has 0 aliphatic rings. The first-order valence-electron chi connectivity index (χ1n) is 13.2. The maximum atomic E-state index is 14.9. The van der Waals surface area contributed by atoms with E-state index in [1.54, 1.807) is 24.3 Å². The highest BCUT2D eigenvalue weighted by atomic mass is 35.5. The van der Waals surface area contributed by atoms with Gasteiger partial charge in [-0.25, -0.2) is 8.70 Å². The number of carbonyl (C=O) groups excluding carboxylic acids is 2. The van der Waals surface area contributed by atoms with Gasteiger partial charge in [0.25, 0.3) is 0 Å². The summed E-state index contributed by atoms with van der Waals surface area (Å²) in [6, 6.07) is 20.4. The van der Waals surface area contributed by atoms with Crippen molar-refractivity contribution < 1.29 is 22.4 Å². The molecule has 0 aromatic heterocycles. The minimum absolute atomic E-state index is 0.00424. The van der Waals surface area contributed by atoms with Gasteiger partial charge >= 0.3 is 10.2 Å². The van der Waals surface area contributed by atoms with Crippen LogP contribution in [0.3, 0.4) is 0 Å². The summed E-state index contributed by atoms with van der Waals surface area (Å²) in [7, 11) is -1.68. The predicted octanol–water partition coefficient (Wildman–Crippen LogP) is 4.50. The zero-order valence-corrected chi connectivity index (χ0v) is 25.2. The number of hydrogen-bond acceptors (Lipinski definition) is 4. The van der Waals surface area contributed by atoms with Crippen LogP contribution in [0.4, 0.5) is 10.1 Å². The quantitative estimate of drug-likeness (QED) is 0.312. The largest absolute Gasteiger partial charge is 0.354 e. The van der Waals surface area contributed by atoms with E-state index in [4.69, 9.17) is 11.6 Å². The van der Waals surface area contributed by atoms with Gasteiger partial charge in [-0.3, -0.25) is 9.59 Å². The van der Waals surface area contributed by atoms with Gasteiger partial charge in [0.1, 0.15) is 18.4 Å². The van der Waals surface area contributed by atoms with E-state index >= 15 is 0 Å². The van der Waals surface area contributed by atoms with E-state index in [2.05, 4.69) is 5.32 Å². The molecule has 0 unspecified atom stereocenters. The van der Waals surface area contributed by atoms with Crippen molar-refractivity contribution in [2.45, 2.75) is 32.9 Å². The Morgan fingerprint density at radius 3 is 2.10 bits per heavy atom. The number of hydrogen-bond donors (Lipinski definition) is 1. The van der Waals surface area contributed by atoms with Crippen LogP contribution < -0.4 is 9.62 Å². The van der Waals surface area contributed by atoms with Gasteiger partial charge < -0.3 is 10.2 Å². The van der Waals surface area contributed by atoms with Crippen LogP contribution in [0.2, 0.25) is 5.02 Å². The summed E-state index contributed by atoms with van der Waals surface area (Å²) in [5.74, 6) is -1.68. The fourth-order valence-corrected chi connectivity index (χ4v) is 5.31. The van der Waals surface area contributed by atoms with E-state index in [0.717, 1.165) is 20.2 Å². The van der Waals surface area contributed by atoms with Crippen molar-refractivity contribution in [2.24, 2.45) is 5.92 Å². The zero-order chi connectivity index (χ0) is 30.2. The topological polar surface area (TPSA) is 90.0 Å². The van der Waals surface area contributed by atoms with Gasteiger partial charge in [-0.05, 0) is 41.3 Å². The summed E-state index contributed by atoms with van der Waals surface area (Å²) < 4.78 is 43.2. The Balaban J connectivity index is 2.09.